The molecule has 3 heterocycles. The van der Waals surface area contributed by atoms with E-state index in [1.807, 2.05) is 0 Å². The van der Waals surface area contributed by atoms with E-state index in [0.717, 1.165) is 19.2 Å². The number of methoxy groups -OCH3 is 1. The molecule has 0 amide bonds. The number of halogens is 4. The Hall–Kier alpha value is -3.00. The minimum atomic E-state index is -4.61. The Bertz CT molecular complexity index is 1220. The van der Waals surface area contributed by atoms with Crippen LogP contribution in [0.2, 0.25) is 5.02 Å². The number of esters is 1. The molecule has 2 atom stereocenters. The number of thiazole rings is 1. The number of aliphatic imine (C=N–C) groups is 1. The van der Waals surface area contributed by atoms with Crippen LogP contribution in [-0.2, 0) is 25.2 Å². The third-order valence-corrected chi connectivity index (χ3v) is 6.78. The number of amidine groups is 1. The largest absolute Gasteiger partial charge is 0.480 e. The van der Waals surface area contributed by atoms with Crippen molar-refractivity contribution >= 4 is 40.7 Å². The fraction of sp³-hybridized carbons (Fsp3) is 0.364. The molecule has 1 aromatic heterocycles. The number of hydrogen-bond acceptors (Lipinski definition) is 9. The molecule has 2 aromatic rings. The van der Waals surface area contributed by atoms with E-state index in [-0.39, 0.29) is 54.0 Å². The first-order valence-corrected chi connectivity index (χ1v) is 11.8. The van der Waals surface area contributed by atoms with Gasteiger partial charge in [-0.15, -0.1) is 11.3 Å². The van der Waals surface area contributed by atoms with Gasteiger partial charge in [-0.1, -0.05) is 17.7 Å². The molecular formula is C22H20ClF3N4O5S. The molecule has 0 unspecified atom stereocenters. The lowest BCUT2D eigenvalue weighted by atomic mass is 9.94. The van der Waals surface area contributed by atoms with Crippen LogP contribution in [0, 0.1) is 0 Å². The zero-order chi connectivity index (χ0) is 26.0. The van der Waals surface area contributed by atoms with Crippen LogP contribution in [0.5, 0.6) is 0 Å². The van der Waals surface area contributed by atoms with Crippen molar-refractivity contribution in [1.82, 2.24) is 15.2 Å². The minimum absolute atomic E-state index is 0.00454. The quantitative estimate of drug-likeness (QED) is 0.533. The van der Waals surface area contributed by atoms with Crippen molar-refractivity contribution < 1.29 is 37.3 Å². The van der Waals surface area contributed by atoms with Gasteiger partial charge in [-0.3, -0.25) is 14.7 Å². The van der Waals surface area contributed by atoms with Crippen molar-refractivity contribution in [3.8, 4) is 0 Å². The van der Waals surface area contributed by atoms with Crippen LogP contribution in [-0.4, -0.2) is 72.2 Å². The number of morpholine rings is 1. The van der Waals surface area contributed by atoms with Crippen LogP contribution in [0.3, 0.4) is 0 Å². The summed E-state index contributed by atoms with van der Waals surface area (Å²) in [5.41, 5.74) is -0.531. The fourth-order valence-electron chi connectivity index (χ4n) is 3.93. The zero-order valence-electron chi connectivity index (χ0n) is 18.7. The maximum atomic E-state index is 13.2. The van der Waals surface area contributed by atoms with Gasteiger partial charge < -0.3 is 19.9 Å². The number of benzene rings is 1. The van der Waals surface area contributed by atoms with Gasteiger partial charge in [-0.25, -0.2) is 9.78 Å². The molecule has 0 aliphatic carbocycles. The summed E-state index contributed by atoms with van der Waals surface area (Å²) in [4.78, 5) is 35.2. The van der Waals surface area contributed by atoms with E-state index >= 15 is 0 Å². The summed E-state index contributed by atoms with van der Waals surface area (Å²) in [7, 11) is 1.16. The van der Waals surface area contributed by atoms with Crippen molar-refractivity contribution in [2.75, 3.05) is 33.4 Å². The van der Waals surface area contributed by atoms with Gasteiger partial charge in [0.15, 0.2) is 10.8 Å². The maximum Gasteiger partial charge on any atom is 0.416 e. The number of alkyl halides is 3. The molecule has 1 saturated heterocycles. The predicted molar refractivity (Wildman–Crippen MR) is 124 cm³/mol. The summed E-state index contributed by atoms with van der Waals surface area (Å²) in [6.45, 7) is 0.486. The Labute approximate surface area is 212 Å². The van der Waals surface area contributed by atoms with Gasteiger partial charge in [0.1, 0.15) is 12.1 Å². The van der Waals surface area contributed by atoms with E-state index in [1.165, 1.54) is 17.4 Å². The lowest BCUT2D eigenvalue weighted by molar-refractivity contribution is -0.149. The summed E-state index contributed by atoms with van der Waals surface area (Å²) < 4.78 is 49.9. The second kappa shape index (κ2) is 10.5. The van der Waals surface area contributed by atoms with Crippen molar-refractivity contribution in [1.29, 1.82) is 0 Å². The molecule has 1 aromatic carbocycles. The van der Waals surface area contributed by atoms with Gasteiger partial charge in [0, 0.05) is 40.9 Å². The number of ether oxygens (including phenoxy) is 2. The van der Waals surface area contributed by atoms with E-state index in [2.05, 4.69) is 15.3 Å². The lowest BCUT2D eigenvalue weighted by Crippen LogP contribution is -2.52. The number of hydrogen-bond donors (Lipinski definition) is 2. The minimum Gasteiger partial charge on any atom is -0.480 e. The highest BCUT2D eigenvalue weighted by Gasteiger charge is 2.38. The number of carbonyl (C=O) groups excluding carboxylic acids is 1. The van der Waals surface area contributed by atoms with Gasteiger partial charge in [0.2, 0.25) is 0 Å². The SMILES string of the molecule is COC(=O)C1=C(CN2CCOC[C@H]2C(=O)O)NC(c2nccs2)=N[C@H]1c1ccc(C(F)(F)F)cc1Cl. The summed E-state index contributed by atoms with van der Waals surface area (Å²) in [6, 6.07) is 0.696. The highest BCUT2D eigenvalue weighted by molar-refractivity contribution is 7.11. The molecule has 4 rings (SSSR count). The highest BCUT2D eigenvalue weighted by atomic mass is 35.5. The standard InChI is InChI=1S/C22H20ClF3N4O5S/c1-34-21(33)16-14(9-30-5-6-35-10-15(30)20(31)32)28-18(19-27-4-7-36-19)29-17(16)12-3-2-11(8-13(12)23)22(24,25)26/h2-4,7-8,15,17H,5-6,9-10H2,1H3,(H,28,29)(H,31,32)/t15-,17-/m0/s1. The number of aromatic nitrogens is 1. The zero-order valence-corrected chi connectivity index (χ0v) is 20.3. The fourth-order valence-corrected chi connectivity index (χ4v) is 4.80. The number of nitrogens with one attached hydrogen (secondary N) is 1. The van der Waals surface area contributed by atoms with Gasteiger partial charge in [-0.2, -0.15) is 13.2 Å². The molecule has 0 saturated carbocycles. The molecule has 0 bridgehead atoms. The Morgan fingerprint density at radius 2 is 2.17 bits per heavy atom. The Morgan fingerprint density at radius 3 is 2.78 bits per heavy atom. The molecular weight excluding hydrogens is 525 g/mol. The maximum absolute atomic E-state index is 13.2. The van der Waals surface area contributed by atoms with Crippen molar-refractivity contribution in [3.63, 3.8) is 0 Å². The number of carboxylic acids is 1. The number of nitrogens with zero attached hydrogens (tertiary/aromatic N) is 3. The monoisotopic (exact) mass is 544 g/mol. The average molecular weight is 545 g/mol. The van der Waals surface area contributed by atoms with E-state index in [1.54, 1.807) is 16.5 Å². The summed E-state index contributed by atoms with van der Waals surface area (Å²) in [5.74, 6) is -1.63. The third kappa shape index (κ3) is 5.38. The van der Waals surface area contributed by atoms with Gasteiger partial charge >= 0.3 is 18.1 Å². The van der Waals surface area contributed by atoms with E-state index in [4.69, 9.17) is 21.1 Å². The molecule has 0 radical (unpaired) electrons. The van der Waals surface area contributed by atoms with Gasteiger partial charge in [0.25, 0.3) is 0 Å². The highest BCUT2D eigenvalue weighted by Crippen LogP contribution is 2.39. The Kier molecular flexibility index (Phi) is 7.64. The first-order chi connectivity index (χ1) is 17.1. The van der Waals surface area contributed by atoms with Crippen molar-refractivity contribution in [3.05, 3.63) is 62.2 Å². The van der Waals surface area contributed by atoms with Crippen LogP contribution in [0.15, 0.2) is 46.0 Å². The Balaban J connectivity index is 1.84. The van der Waals surface area contributed by atoms with Gasteiger partial charge in [0.05, 0.1) is 31.5 Å². The van der Waals surface area contributed by atoms with Crippen molar-refractivity contribution in [2.24, 2.45) is 4.99 Å². The first-order valence-electron chi connectivity index (χ1n) is 10.6. The first kappa shape index (κ1) is 26.1. The van der Waals surface area contributed by atoms with Crippen molar-refractivity contribution in [2.45, 2.75) is 18.3 Å². The summed E-state index contributed by atoms with van der Waals surface area (Å²) in [6.07, 6.45) is -3.06. The van der Waals surface area contributed by atoms with Crippen LogP contribution in [0.4, 0.5) is 13.2 Å². The molecule has 2 N–H and O–H groups in total. The third-order valence-electron chi connectivity index (χ3n) is 5.67. The second-order valence-corrected chi connectivity index (χ2v) is 9.16. The average Bonchev–Trinajstić information content (AvgIpc) is 3.38. The molecule has 192 valence electrons. The molecule has 0 spiro atoms. The molecule has 9 nitrogen and oxygen atoms in total. The molecule has 14 heteroatoms. The smallest absolute Gasteiger partial charge is 0.416 e. The van der Waals surface area contributed by atoms with Crippen LogP contribution in [0.25, 0.3) is 0 Å². The number of carbonyl (C=O) groups is 2. The van der Waals surface area contributed by atoms with E-state index < -0.39 is 35.8 Å². The second-order valence-electron chi connectivity index (χ2n) is 7.86. The normalized spacial score (nSPS) is 21.1. The summed E-state index contributed by atoms with van der Waals surface area (Å²) in [5, 5.41) is 14.6. The van der Waals surface area contributed by atoms with E-state index in [9.17, 15) is 27.9 Å². The van der Waals surface area contributed by atoms with Crippen LogP contribution in [0.1, 0.15) is 22.2 Å². The Morgan fingerprint density at radius 1 is 1.39 bits per heavy atom. The number of carboxylic acid groups (broad SMARTS) is 1. The van der Waals surface area contributed by atoms with E-state index in [0.29, 0.717) is 5.01 Å². The predicted octanol–water partition coefficient (Wildman–Crippen LogP) is 3.12. The molecule has 2 aliphatic rings. The number of rotatable bonds is 6. The number of aliphatic carboxylic acids is 1. The molecule has 2 aliphatic heterocycles. The molecule has 1 fully saturated rings. The molecule has 36 heavy (non-hydrogen) atoms. The topological polar surface area (TPSA) is 113 Å². The van der Waals surface area contributed by atoms with Crippen LogP contribution >= 0.6 is 22.9 Å². The summed E-state index contributed by atoms with van der Waals surface area (Å²) >= 11 is 7.53. The van der Waals surface area contributed by atoms with Crippen LogP contribution < -0.4 is 5.32 Å². The van der Waals surface area contributed by atoms with Gasteiger partial charge in [-0.05, 0) is 12.1 Å². The lowest BCUT2D eigenvalue weighted by Gasteiger charge is -2.35.